The highest BCUT2D eigenvalue weighted by Gasteiger charge is 2.45. The summed E-state index contributed by atoms with van der Waals surface area (Å²) in [6.45, 7) is 4.50. The van der Waals surface area contributed by atoms with Crippen molar-refractivity contribution in [3.63, 3.8) is 0 Å². The Morgan fingerprint density at radius 1 is 1.00 bits per heavy atom. The fourth-order valence-corrected chi connectivity index (χ4v) is 6.74. The number of pyridine rings is 1. The number of ether oxygens (including phenoxy) is 1. The third-order valence-electron chi connectivity index (χ3n) is 9.06. The van der Waals surface area contributed by atoms with Gasteiger partial charge in [0, 0.05) is 75.8 Å². The number of H-pyrrole nitrogens is 1. The van der Waals surface area contributed by atoms with Gasteiger partial charge in [-0.3, -0.25) is 14.7 Å². The normalized spacial score (nSPS) is 27.7. The van der Waals surface area contributed by atoms with Crippen LogP contribution in [0.4, 0.5) is 5.82 Å². The van der Waals surface area contributed by atoms with Crippen LogP contribution in [-0.2, 0) is 22.4 Å². The van der Waals surface area contributed by atoms with Gasteiger partial charge in [-0.15, -0.1) is 5.10 Å². The number of aromatic amines is 1. The first-order valence-electron chi connectivity index (χ1n) is 13.9. The molecule has 3 saturated heterocycles. The van der Waals surface area contributed by atoms with Gasteiger partial charge in [0.15, 0.2) is 0 Å². The highest BCUT2D eigenvalue weighted by Crippen LogP contribution is 2.44. The molecule has 3 atom stereocenters. The Balaban J connectivity index is 0.981. The zero-order valence-corrected chi connectivity index (χ0v) is 21.2. The van der Waals surface area contributed by atoms with Crippen molar-refractivity contribution in [2.24, 2.45) is 17.8 Å². The smallest absolute Gasteiger partial charge is 0.255 e. The largest absolute Gasteiger partial charge is 0.381 e. The van der Waals surface area contributed by atoms with Crippen LogP contribution in [0.1, 0.15) is 65.3 Å². The monoisotopic (exact) mass is 505 g/mol. The molecule has 0 aromatic carbocycles. The minimum absolute atomic E-state index is 0.00524. The van der Waals surface area contributed by atoms with E-state index in [0.29, 0.717) is 48.9 Å². The van der Waals surface area contributed by atoms with Gasteiger partial charge in [0.2, 0.25) is 5.91 Å². The van der Waals surface area contributed by atoms with Gasteiger partial charge >= 0.3 is 0 Å². The molecule has 1 saturated carbocycles. The summed E-state index contributed by atoms with van der Waals surface area (Å²) in [5, 5.41) is 14.6. The summed E-state index contributed by atoms with van der Waals surface area (Å²) in [6, 6.07) is 2.47. The lowest BCUT2D eigenvalue weighted by Crippen LogP contribution is -2.40. The molecule has 2 N–H and O–H groups in total. The van der Waals surface area contributed by atoms with Gasteiger partial charge in [-0.2, -0.15) is 0 Å². The SMILES string of the molecule is O=C(c1cnc(NC2CCOCC2)c(C2CC2)c1)N1C[C@@H]2CN(C(=O)C3CCc4[nH]nnc4C3)C[C@H]2C1. The van der Waals surface area contributed by atoms with Gasteiger partial charge < -0.3 is 19.9 Å². The Bertz CT molecular complexity index is 1170. The van der Waals surface area contributed by atoms with Crippen LogP contribution in [0.5, 0.6) is 0 Å². The summed E-state index contributed by atoms with van der Waals surface area (Å²) >= 11 is 0. The fraction of sp³-hybridized carbons (Fsp3) is 0.667. The second-order valence-corrected chi connectivity index (χ2v) is 11.6. The molecule has 2 aromatic rings. The summed E-state index contributed by atoms with van der Waals surface area (Å²) in [4.78, 5) is 35.5. The van der Waals surface area contributed by atoms with Crippen molar-refractivity contribution in [1.29, 1.82) is 0 Å². The molecule has 3 aliphatic heterocycles. The number of carbonyl (C=O) groups is 2. The Hall–Kier alpha value is -3.01. The third-order valence-corrected chi connectivity index (χ3v) is 9.06. The quantitative estimate of drug-likeness (QED) is 0.639. The molecule has 0 radical (unpaired) electrons. The highest BCUT2D eigenvalue weighted by atomic mass is 16.5. The fourth-order valence-electron chi connectivity index (χ4n) is 6.74. The third kappa shape index (κ3) is 4.49. The number of carbonyl (C=O) groups excluding carboxylic acids is 2. The van der Waals surface area contributed by atoms with E-state index in [-0.39, 0.29) is 17.7 Å². The van der Waals surface area contributed by atoms with E-state index in [0.717, 1.165) is 69.2 Å². The number of rotatable bonds is 5. The minimum atomic E-state index is -0.00524. The van der Waals surface area contributed by atoms with E-state index in [2.05, 4.69) is 26.8 Å². The van der Waals surface area contributed by atoms with Gasteiger partial charge in [-0.25, -0.2) is 4.98 Å². The number of nitrogens with zero attached hydrogens (tertiary/aromatic N) is 5. The Kier molecular flexibility index (Phi) is 5.86. The van der Waals surface area contributed by atoms with Crippen molar-refractivity contribution in [3.05, 3.63) is 34.8 Å². The molecule has 10 heteroatoms. The Labute approximate surface area is 216 Å². The van der Waals surface area contributed by atoms with Crippen molar-refractivity contribution in [2.45, 2.75) is 56.9 Å². The van der Waals surface area contributed by atoms with Crippen molar-refractivity contribution in [1.82, 2.24) is 30.2 Å². The zero-order valence-electron chi connectivity index (χ0n) is 21.2. The summed E-state index contributed by atoms with van der Waals surface area (Å²) in [7, 11) is 0. The maximum Gasteiger partial charge on any atom is 0.255 e. The summed E-state index contributed by atoms with van der Waals surface area (Å²) in [6.07, 6.45) is 8.42. The number of amides is 2. The number of likely N-dealkylation sites (tertiary alicyclic amines) is 2. The van der Waals surface area contributed by atoms with E-state index in [4.69, 9.17) is 9.72 Å². The number of aryl methyl sites for hydroxylation is 1. The molecule has 2 aliphatic carbocycles. The number of nitrogens with one attached hydrogen (secondary N) is 2. The second-order valence-electron chi connectivity index (χ2n) is 11.6. The minimum Gasteiger partial charge on any atom is -0.381 e. The molecule has 0 bridgehead atoms. The van der Waals surface area contributed by atoms with Crippen molar-refractivity contribution < 1.29 is 14.3 Å². The van der Waals surface area contributed by atoms with Gasteiger partial charge in [-0.1, -0.05) is 5.21 Å². The molecule has 5 aliphatic rings. The van der Waals surface area contributed by atoms with Gasteiger partial charge in [-0.05, 0) is 56.1 Å². The number of fused-ring (bicyclic) bond motifs is 2. The second kappa shape index (κ2) is 9.38. The van der Waals surface area contributed by atoms with E-state index in [1.807, 2.05) is 9.80 Å². The molecule has 4 fully saturated rings. The Morgan fingerprint density at radius 2 is 1.76 bits per heavy atom. The van der Waals surface area contributed by atoms with Crippen LogP contribution < -0.4 is 5.32 Å². The van der Waals surface area contributed by atoms with E-state index in [9.17, 15) is 9.59 Å². The van der Waals surface area contributed by atoms with Crippen molar-refractivity contribution in [2.75, 3.05) is 44.7 Å². The predicted molar refractivity (Wildman–Crippen MR) is 135 cm³/mol. The van der Waals surface area contributed by atoms with Gasteiger partial charge in [0.05, 0.1) is 17.0 Å². The molecule has 196 valence electrons. The first-order chi connectivity index (χ1) is 18.1. The number of hydrogen-bond acceptors (Lipinski definition) is 7. The summed E-state index contributed by atoms with van der Waals surface area (Å²) in [5.74, 6) is 2.47. The lowest BCUT2D eigenvalue weighted by molar-refractivity contribution is -0.135. The van der Waals surface area contributed by atoms with E-state index < -0.39 is 0 Å². The first kappa shape index (κ1) is 23.1. The van der Waals surface area contributed by atoms with E-state index in [1.54, 1.807) is 6.20 Å². The molecule has 5 heterocycles. The van der Waals surface area contributed by atoms with Crippen LogP contribution in [0.15, 0.2) is 12.3 Å². The van der Waals surface area contributed by atoms with Crippen LogP contribution >= 0.6 is 0 Å². The highest BCUT2D eigenvalue weighted by molar-refractivity contribution is 5.94. The average molecular weight is 506 g/mol. The van der Waals surface area contributed by atoms with Crippen LogP contribution in [-0.4, -0.2) is 87.4 Å². The van der Waals surface area contributed by atoms with Crippen LogP contribution in [0, 0.1) is 17.8 Å². The van der Waals surface area contributed by atoms with Crippen LogP contribution in [0.2, 0.25) is 0 Å². The van der Waals surface area contributed by atoms with E-state index >= 15 is 0 Å². The molecular formula is C27H35N7O3. The molecule has 1 unspecified atom stereocenters. The van der Waals surface area contributed by atoms with Gasteiger partial charge in [0.1, 0.15) is 5.82 Å². The van der Waals surface area contributed by atoms with Crippen LogP contribution in [0.3, 0.4) is 0 Å². The molecule has 2 aromatic heterocycles. The maximum absolute atomic E-state index is 13.5. The summed E-state index contributed by atoms with van der Waals surface area (Å²) in [5.41, 5.74) is 3.89. The molecule has 2 amide bonds. The van der Waals surface area contributed by atoms with Gasteiger partial charge in [0.25, 0.3) is 5.91 Å². The molecule has 7 rings (SSSR count). The Morgan fingerprint density at radius 3 is 2.51 bits per heavy atom. The van der Waals surface area contributed by atoms with Crippen molar-refractivity contribution in [3.8, 4) is 0 Å². The molecule has 0 spiro atoms. The molecular weight excluding hydrogens is 470 g/mol. The average Bonchev–Trinajstić information content (AvgIpc) is 3.33. The number of hydrogen-bond donors (Lipinski definition) is 2. The lowest BCUT2D eigenvalue weighted by atomic mass is 9.89. The molecule has 10 nitrogen and oxygen atoms in total. The van der Waals surface area contributed by atoms with E-state index in [1.165, 1.54) is 18.4 Å². The maximum atomic E-state index is 13.5. The lowest BCUT2D eigenvalue weighted by Gasteiger charge is -2.27. The van der Waals surface area contributed by atoms with Crippen LogP contribution in [0.25, 0.3) is 0 Å². The van der Waals surface area contributed by atoms with Crippen molar-refractivity contribution >= 4 is 17.6 Å². The molecule has 37 heavy (non-hydrogen) atoms. The first-order valence-corrected chi connectivity index (χ1v) is 13.9. The summed E-state index contributed by atoms with van der Waals surface area (Å²) < 4.78 is 5.49. The zero-order chi connectivity index (χ0) is 24.9. The standard InChI is InChI=1S/C27H35N7O3/c35-26(17-3-4-23-24(10-17)31-32-30-23)33-12-19-14-34(15-20(19)13-33)27(36)18-9-22(16-1-2-16)25(28-11-18)29-21-5-7-37-8-6-21/h9,11,16-17,19-21H,1-8,10,12-15H2,(H,28,29)(H,30,31,32)/t17?,19-,20-/m0/s1. The number of aromatic nitrogens is 4. The topological polar surface area (TPSA) is 116 Å². The number of anilines is 1. The predicted octanol–water partition coefficient (Wildman–Crippen LogP) is 2.00.